The third-order valence-electron chi connectivity index (χ3n) is 5.73. The molecule has 3 aliphatic rings. The van der Waals surface area contributed by atoms with E-state index in [1.807, 2.05) is 4.90 Å². The van der Waals surface area contributed by atoms with E-state index < -0.39 is 0 Å². The SMILES string of the molecule is O=C(CCC(=O)N1CCC[C@@H]1C1CCCCC1)N1CCOCC1. The van der Waals surface area contributed by atoms with Gasteiger partial charge in [-0.05, 0) is 31.6 Å². The van der Waals surface area contributed by atoms with Gasteiger partial charge in [-0.1, -0.05) is 19.3 Å². The summed E-state index contributed by atoms with van der Waals surface area (Å²) in [7, 11) is 0. The van der Waals surface area contributed by atoms with Crippen LogP contribution in [0.2, 0.25) is 0 Å². The summed E-state index contributed by atoms with van der Waals surface area (Å²) in [4.78, 5) is 28.7. The molecule has 3 fully saturated rings. The van der Waals surface area contributed by atoms with Crippen LogP contribution in [-0.4, -0.2) is 60.5 Å². The molecule has 0 unspecified atom stereocenters. The first-order chi connectivity index (χ1) is 11.3. The number of ether oxygens (including phenoxy) is 1. The lowest BCUT2D eigenvalue weighted by Gasteiger charge is -2.34. The number of morpholine rings is 1. The van der Waals surface area contributed by atoms with Gasteiger partial charge in [0.1, 0.15) is 0 Å². The zero-order valence-corrected chi connectivity index (χ0v) is 14.2. The Morgan fingerprint density at radius 1 is 0.826 bits per heavy atom. The van der Waals surface area contributed by atoms with Gasteiger partial charge in [0.2, 0.25) is 11.8 Å². The second-order valence-electron chi connectivity index (χ2n) is 7.19. The smallest absolute Gasteiger partial charge is 0.223 e. The maximum absolute atomic E-state index is 12.6. The molecule has 5 nitrogen and oxygen atoms in total. The number of hydrogen-bond donors (Lipinski definition) is 0. The molecule has 3 rings (SSSR count). The molecule has 0 N–H and O–H groups in total. The van der Waals surface area contributed by atoms with E-state index in [4.69, 9.17) is 4.74 Å². The van der Waals surface area contributed by atoms with E-state index in [1.54, 1.807) is 0 Å². The number of rotatable bonds is 4. The van der Waals surface area contributed by atoms with Gasteiger partial charge in [-0.3, -0.25) is 9.59 Å². The van der Waals surface area contributed by atoms with Gasteiger partial charge in [0.25, 0.3) is 0 Å². The first-order valence-corrected chi connectivity index (χ1v) is 9.40. The van der Waals surface area contributed by atoms with E-state index in [1.165, 1.54) is 32.1 Å². The van der Waals surface area contributed by atoms with E-state index >= 15 is 0 Å². The predicted octanol–water partition coefficient (Wildman–Crippen LogP) is 2.20. The summed E-state index contributed by atoms with van der Waals surface area (Å²) in [6.45, 7) is 3.47. The molecular formula is C18H30N2O3. The molecule has 2 heterocycles. The highest BCUT2D eigenvalue weighted by molar-refractivity contribution is 5.84. The fourth-order valence-electron chi connectivity index (χ4n) is 4.44. The van der Waals surface area contributed by atoms with Crippen LogP contribution >= 0.6 is 0 Å². The Morgan fingerprint density at radius 2 is 1.52 bits per heavy atom. The highest BCUT2D eigenvalue weighted by Gasteiger charge is 2.35. The largest absolute Gasteiger partial charge is 0.378 e. The van der Waals surface area contributed by atoms with E-state index in [2.05, 4.69) is 4.90 Å². The molecule has 0 radical (unpaired) electrons. The summed E-state index contributed by atoms with van der Waals surface area (Å²) in [5.41, 5.74) is 0. The van der Waals surface area contributed by atoms with Gasteiger partial charge in [0.05, 0.1) is 13.2 Å². The van der Waals surface area contributed by atoms with Crippen LogP contribution in [0.15, 0.2) is 0 Å². The molecule has 0 spiro atoms. The van der Waals surface area contributed by atoms with Crippen LogP contribution in [0.4, 0.5) is 0 Å². The average Bonchev–Trinajstić information content (AvgIpc) is 3.11. The first kappa shape index (κ1) is 16.7. The molecule has 1 saturated carbocycles. The van der Waals surface area contributed by atoms with Crippen molar-refractivity contribution in [1.82, 2.24) is 9.80 Å². The number of likely N-dealkylation sites (tertiary alicyclic amines) is 1. The Labute approximate surface area is 139 Å². The van der Waals surface area contributed by atoms with Crippen LogP contribution in [0.25, 0.3) is 0 Å². The van der Waals surface area contributed by atoms with Gasteiger partial charge >= 0.3 is 0 Å². The van der Waals surface area contributed by atoms with Crippen molar-refractivity contribution < 1.29 is 14.3 Å². The third kappa shape index (κ3) is 4.25. The van der Waals surface area contributed by atoms with Crippen LogP contribution in [0, 0.1) is 5.92 Å². The summed E-state index contributed by atoms with van der Waals surface area (Å²) in [5, 5.41) is 0. The van der Waals surface area contributed by atoms with Gasteiger partial charge in [0.15, 0.2) is 0 Å². The Bertz CT molecular complexity index is 414. The number of amides is 2. The van der Waals surface area contributed by atoms with Crippen molar-refractivity contribution in [3.8, 4) is 0 Å². The number of carbonyl (C=O) groups is 2. The predicted molar refractivity (Wildman–Crippen MR) is 87.9 cm³/mol. The van der Waals surface area contributed by atoms with Crippen LogP contribution < -0.4 is 0 Å². The molecule has 5 heteroatoms. The molecule has 2 saturated heterocycles. The average molecular weight is 322 g/mol. The summed E-state index contributed by atoms with van der Waals surface area (Å²) in [6.07, 6.45) is 9.56. The lowest BCUT2D eigenvalue weighted by molar-refractivity contribution is -0.140. The second-order valence-corrected chi connectivity index (χ2v) is 7.19. The van der Waals surface area contributed by atoms with Gasteiger partial charge < -0.3 is 14.5 Å². The monoisotopic (exact) mass is 322 g/mol. The maximum atomic E-state index is 12.6. The van der Waals surface area contributed by atoms with Gasteiger partial charge in [-0.2, -0.15) is 0 Å². The molecule has 0 aromatic rings. The van der Waals surface area contributed by atoms with Crippen LogP contribution in [-0.2, 0) is 14.3 Å². The molecule has 0 bridgehead atoms. The Morgan fingerprint density at radius 3 is 2.26 bits per heavy atom. The zero-order chi connectivity index (χ0) is 16.1. The van der Waals surface area contributed by atoms with Crippen molar-refractivity contribution in [2.75, 3.05) is 32.8 Å². The first-order valence-electron chi connectivity index (χ1n) is 9.40. The second kappa shape index (κ2) is 8.13. The Kier molecular flexibility index (Phi) is 5.92. The summed E-state index contributed by atoms with van der Waals surface area (Å²) in [5.74, 6) is 1.000. The van der Waals surface area contributed by atoms with Crippen molar-refractivity contribution in [2.45, 2.75) is 63.8 Å². The molecule has 1 aliphatic carbocycles. The zero-order valence-electron chi connectivity index (χ0n) is 14.2. The molecule has 130 valence electrons. The van der Waals surface area contributed by atoms with E-state index in [0.717, 1.165) is 19.4 Å². The minimum atomic E-state index is 0.107. The lowest BCUT2D eigenvalue weighted by atomic mass is 9.83. The number of nitrogens with zero attached hydrogens (tertiary/aromatic N) is 2. The maximum Gasteiger partial charge on any atom is 0.223 e. The quantitative estimate of drug-likeness (QED) is 0.797. The van der Waals surface area contributed by atoms with Gasteiger partial charge in [-0.15, -0.1) is 0 Å². The Hall–Kier alpha value is -1.10. The van der Waals surface area contributed by atoms with Crippen molar-refractivity contribution >= 4 is 11.8 Å². The highest BCUT2D eigenvalue weighted by atomic mass is 16.5. The highest BCUT2D eigenvalue weighted by Crippen LogP contribution is 2.34. The lowest BCUT2D eigenvalue weighted by Crippen LogP contribution is -2.43. The molecular weight excluding hydrogens is 292 g/mol. The molecule has 0 aromatic carbocycles. The summed E-state index contributed by atoms with van der Waals surface area (Å²) < 4.78 is 5.27. The van der Waals surface area contributed by atoms with Gasteiger partial charge in [-0.25, -0.2) is 0 Å². The van der Waals surface area contributed by atoms with Gasteiger partial charge in [0, 0.05) is 38.5 Å². The Balaban J connectivity index is 1.47. The fraction of sp³-hybridized carbons (Fsp3) is 0.889. The van der Waals surface area contributed by atoms with E-state index in [0.29, 0.717) is 51.1 Å². The normalized spacial score (nSPS) is 26.5. The summed E-state index contributed by atoms with van der Waals surface area (Å²) >= 11 is 0. The van der Waals surface area contributed by atoms with Crippen LogP contribution in [0.5, 0.6) is 0 Å². The molecule has 1 atom stereocenters. The molecule has 2 amide bonds. The molecule has 2 aliphatic heterocycles. The van der Waals surface area contributed by atoms with Crippen molar-refractivity contribution in [3.05, 3.63) is 0 Å². The minimum absolute atomic E-state index is 0.107. The van der Waals surface area contributed by atoms with E-state index in [9.17, 15) is 9.59 Å². The fourth-order valence-corrected chi connectivity index (χ4v) is 4.44. The summed E-state index contributed by atoms with van der Waals surface area (Å²) in [6, 6.07) is 0.446. The third-order valence-corrected chi connectivity index (χ3v) is 5.73. The van der Waals surface area contributed by atoms with E-state index in [-0.39, 0.29) is 11.8 Å². The van der Waals surface area contributed by atoms with Crippen molar-refractivity contribution in [1.29, 1.82) is 0 Å². The molecule has 0 aromatic heterocycles. The van der Waals surface area contributed by atoms with Crippen molar-refractivity contribution in [3.63, 3.8) is 0 Å². The minimum Gasteiger partial charge on any atom is -0.378 e. The standard InChI is InChI=1S/C18H30N2O3/c21-17(19-11-13-23-14-12-19)8-9-18(22)20-10-4-7-16(20)15-5-2-1-3-6-15/h15-16H,1-14H2/t16-/m1/s1. The molecule has 23 heavy (non-hydrogen) atoms. The number of hydrogen-bond acceptors (Lipinski definition) is 3. The van der Waals surface area contributed by atoms with Crippen LogP contribution in [0.1, 0.15) is 57.8 Å². The topological polar surface area (TPSA) is 49.9 Å². The number of carbonyl (C=O) groups excluding carboxylic acids is 2. The van der Waals surface area contributed by atoms with Crippen molar-refractivity contribution in [2.24, 2.45) is 5.92 Å². The van der Waals surface area contributed by atoms with Crippen LogP contribution in [0.3, 0.4) is 0 Å².